The molecular formula is C25H25N3O2S. The molecule has 0 spiro atoms. The van der Waals surface area contributed by atoms with Crippen molar-refractivity contribution in [1.29, 1.82) is 0 Å². The molecule has 0 aliphatic rings. The fraction of sp³-hybridized carbons (Fsp3) is 0.160. The number of carbonyl (C=O) groups excluding carboxylic acids is 2. The molecule has 0 saturated carbocycles. The molecule has 0 bridgehead atoms. The van der Waals surface area contributed by atoms with Crippen LogP contribution >= 0.6 is 12.2 Å². The average Bonchev–Trinajstić information content (AvgIpc) is 2.74. The highest BCUT2D eigenvalue weighted by molar-refractivity contribution is 7.80. The van der Waals surface area contributed by atoms with E-state index in [1.165, 1.54) is 0 Å². The zero-order valence-corrected chi connectivity index (χ0v) is 18.5. The summed E-state index contributed by atoms with van der Waals surface area (Å²) >= 11 is 5.27. The monoisotopic (exact) mass is 431 g/mol. The van der Waals surface area contributed by atoms with E-state index in [0.717, 1.165) is 11.1 Å². The third-order valence-electron chi connectivity index (χ3n) is 4.54. The number of hydrogen-bond acceptors (Lipinski definition) is 3. The lowest BCUT2D eigenvalue weighted by molar-refractivity contribution is -0.123. The topological polar surface area (TPSA) is 70.2 Å². The lowest BCUT2D eigenvalue weighted by atomic mass is 9.95. The summed E-state index contributed by atoms with van der Waals surface area (Å²) in [5.74, 6) is -0.381. The van der Waals surface area contributed by atoms with Crippen LogP contribution in [0.25, 0.3) is 11.1 Å². The van der Waals surface area contributed by atoms with Crippen molar-refractivity contribution in [3.8, 4) is 11.1 Å². The molecule has 3 aromatic carbocycles. The van der Waals surface area contributed by atoms with Gasteiger partial charge in [-0.25, -0.2) is 0 Å². The van der Waals surface area contributed by atoms with Gasteiger partial charge in [0.15, 0.2) is 5.11 Å². The number of anilines is 2. The normalized spacial score (nSPS) is 10.8. The maximum Gasteiger partial charge on any atom is 0.257 e. The van der Waals surface area contributed by atoms with Crippen LogP contribution in [0.15, 0.2) is 78.9 Å². The molecule has 0 unspecified atom stereocenters. The molecule has 31 heavy (non-hydrogen) atoms. The van der Waals surface area contributed by atoms with Gasteiger partial charge in [0.1, 0.15) is 0 Å². The number of thiocarbonyl (C=S) groups is 1. The molecule has 5 nitrogen and oxygen atoms in total. The van der Waals surface area contributed by atoms with Gasteiger partial charge in [0.05, 0.1) is 0 Å². The highest BCUT2D eigenvalue weighted by Gasteiger charge is 2.21. The summed E-state index contributed by atoms with van der Waals surface area (Å²) in [5.41, 5.74) is 3.45. The molecule has 0 heterocycles. The third-order valence-corrected chi connectivity index (χ3v) is 4.74. The lowest BCUT2D eigenvalue weighted by Crippen LogP contribution is -2.34. The van der Waals surface area contributed by atoms with Crippen molar-refractivity contribution in [2.45, 2.75) is 20.8 Å². The van der Waals surface area contributed by atoms with Gasteiger partial charge < -0.3 is 10.6 Å². The SMILES string of the molecule is CC(C)(C)C(=O)Nc1cccc(NC(=S)NC(=O)c2ccc(-c3ccccc3)cc2)c1. The highest BCUT2D eigenvalue weighted by atomic mass is 32.1. The quantitative estimate of drug-likeness (QED) is 0.480. The predicted octanol–water partition coefficient (Wildman–Crippen LogP) is 5.47. The van der Waals surface area contributed by atoms with Crippen molar-refractivity contribution >= 4 is 40.5 Å². The first kappa shape index (κ1) is 22.2. The molecule has 6 heteroatoms. The van der Waals surface area contributed by atoms with Gasteiger partial charge in [-0.3, -0.25) is 14.9 Å². The zero-order chi connectivity index (χ0) is 22.4. The average molecular weight is 432 g/mol. The van der Waals surface area contributed by atoms with Crippen LogP contribution in [0.2, 0.25) is 0 Å². The number of hydrogen-bond donors (Lipinski definition) is 3. The van der Waals surface area contributed by atoms with Gasteiger partial charge in [-0.1, -0.05) is 69.3 Å². The summed E-state index contributed by atoms with van der Waals surface area (Å²) < 4.78 is 0. The first-order valence-corrected chi connectivity index (χ1v) is 10.3. The molecule has 0 atom stereocenters. The largest absolute Gasteiger partial charge is 0.332 e. The first-order valence-electron chi connectivity index (χ1n) is 9.92. The van der Waals surface area contributed by atoms with Crippen LogP contribution in [0.3, 0.4) is 0 Å². The Kier molecular flexibility index (Phi) is 6.82. The van der Waals surface area contributed by atoms with Crippen LogP contribution in [0.1, 0.15) is 31.1 Å². The Morgan fingerprint density at radius 3 is 1.94 bits per heavy atom. The van der Waals surface area contributed by atoms with E-state index in [-0.39, 0.29) is 16.9 Å². The van der Waals surface area contributed by atoms with E-state index in [2.05, 4.69) is 16.0 Å². The molecule has 3 N–H and O–H groups in total. The minimum Gasteiger partial charge on any atom is -0.332 e. The number of carbonyl (C=O) groups is 2. The van der Waals surface area contributed by atoms with Crippen molar-refractivity contribution in [3.05, 3.63) is 84.4 Å². The predicted molar refractivity (Wildman–Crippen MR) is 130 cm³/mol. The Bertz CT molecular complexity index is 1090. The van der Waals surface area contributed by atoms with Crippen LogP contribution in [0.5, 0.6) is 0 Å². The van der Waals surface area contributed by atoms with Gasteiger partial charge in [0, 0.05) is 22.4 Å². The lowest BCUT2D eigenvalue weighted by Gasteiger charge is -2.18. The number of nitrogens with one attached hydrogen (secondary N) is 3. The molecule has 3 aromatic rings. The smallest absolute Gasteiger partial charge is 0.257 e. The number of benzene rings is 3. The van der Waals surface area contributed by atoms with E-state index >= 15 is 0 Å². The van der Waals surface area contributed by atoms with Crippen LogP contribution < -0.4 is 16.0 Å². The van der Waals surface area contributed by atoms with Gasteiger partial charge in [0.25, 0.3) is 5.91 Å². The fourth-order valence-corrected chi connectivity index (χ4v) is 2.99. The summed E-state index contributed by atoms with van der Waals surface area (Å²) in [6.45, 7) is 5.55. The van der Waals surface area contributed by atoms with Crippen molar-refractivity contribution in [2.75, 3.05) is 10.6 Å². The van der Waals surface area contributed by atoms with Crippen molar-refractivity contribution in [1.82, 2.24) is 5.32 Å². The standard InChI is InChI=1S/C25H25N3O2S/c1-25(2,3)23(30)26-20-10-7-11-21(16-20)27-24(31)28-22(29)19-14-12-18(13-15-19)17-8-5-4-6-9-17/h4-16H,1-3H3,(H,26,30)(H2,27,28,29,31). The van der Waals surface area contributed by atoms with Crippen molar-refractivity contribution in [2.24, 2.45) is 5.41 Å². The second-order valence-electron chi connectivity index (χ2n) is 8.14. The molecule has 0 saturated heterocycles. The fourth-order valence-electron chi connectivity index (χ4n) is 2.78. The molecule has 0 fully saturated rings. The Balaban J connectivity index is 1.60. The first-order chi connectivity index (χ1) is 14.7. The Hall–Kier alpha value is -3.51. The molecule has 0 radical (unpaired) electrons. The summed E-state index contributed by atoms with van der Waals surface area (Å²) in [6.07, 6.45) is 0. The van der Waals surface area contributed by atoms with Gasteiger partial charge in [0.2, 0.25) is 5.91 Å². The number of amides is 2. The summed E-state index contributed by atoms with van der Waals surface area (Å²) in [5, 5.41) is 8.71. The summed E-state index contributed by atoms with van der Waals surface area (Å²) in [6, 6.07) is 24.5. The van der Waals surface area contributed by atoms with E-state index in [1.807, 2.05) is 63.2 Å². The van der Waals surface area contributed by atoms with E-state index < -0.39 is 5.41 Å². The van der Waals surface area contributed by atoms with Gasteiger partial charge in [-0.2, -0.15) is 0 Å². The number of rotatable bonds is 4. The second kappa shape index (κ2) is 9.53. The molecular weight excluding hydrogens is 406 g/mol. The van der Waals surface area contributed by atoms with Gasteiger partial charge in [-0.15, -0.1) is 0 Å². The zero-order valence-electron chi connectivity index (χ0n) is 17.7. The van der Waals surface area contributed by atoms with Gasteiger partial charge in [-0.05, 0) is 53.7 Å². The van der Waals surface area contributed by atoms with E-state index in [0.29, 0.717) is 16.9 Å². The van der Waals surface area contributed by atoms with E-state index in [9.17, 15) is 9.59 Å². The molecule has 0 aliphatic heterocycles. The second-order valence-corrected chi connectivity index (χ2v) is 8.54. The van der Waals surface area contributed by atoms with E-state index in [1.54, 1.807) is 36.4 Å². The Morgan fingerprint density at radius 2 is 1.32 bits per heavy atom. The van der Waals surface area contributed by atoms with Crippen molar-refractivity contribution < 1.29 is 9.59 Å². The maximum atomic E-state index is 12.5. The minimum absolute atomic E-state index is 0.0838. The Morgan fingerprint density at radius 1 is 0.742 bits per heavy atom. The minimum atomic E-state index is -0.497. The molecule has 158 valence electrons. The van der Waals surface area contributed by atoms with Crippen LogP contribution in [0.4, 0.5) is 11.4 Å². The van der Waals surface area contributed by atoms with Crippen molar-refractivity contribution in [3.63, 3.8) is 0 Å². The molecule has 0 aromatic heterocycles. The van der Waals surface area contributed by atoms with E-state index in [4.69, 9.17) is 12.2 Å². The third kappa shape index (κ3) is 6.23. The highest BCUT2D eigenvalue weighted by Crippen LogP contribution is 2.21. The van der Waals surface area contributed by atoms with Gasteiger partial charge >= 0.3 is 0 Å². The Labute approximate surface area is 187 Å². The molecule has 2 amide bonds. The van der Waals surface area contributed by atoms with Crippen LogP contribution in [0, 0.1) is 5.41 Å². The summed E-state index contributed by atoms with van der Waals surface area (Å²) in [4.78, 5) is 24.7. The molecule has 3 rings (SSSR count). The van der Waals surface area contributed by atoms with Crippen LogP contribution in [-0.4, -0.2) is 16.9 Å². The summed E-state index contributed by atoms with van der Waals surface area (Å²) in [7, 11) is 0. The molecule has 0 aliphatic carbocycles. The maximum absolute atomic E-state index is 12.5. The van der Waals surface area contributed by atoms with Crippen LogP contribution in [-0.2, 0) is 4.79 Å².